The molecule has 2 aromatic carbocycles. The van der Waals surface area contributed by atoms with Gasteiger partial charge < -0.3 is 28.8 Å². The van der Waals surface area contributed by atoms with E-state index in [9.17, 15) is 0 Å². The second-order valence-corrected chi connectivity index (χ2v) is 6.67. The Morgan fingerprint density at radius 3 is 2.79 bits per heavy atom. The largest absolute Gasteiger partial charge is 0.497 e. The number of hydrogen-bond acceptors (Lipinski definition) is 5. The number of anilines is 1. The molecule has 2 heterocycles. The van der Waals surface area contributed by atoms with Gasteiger partial charge in [0, 0.05) is 18.3 Å². The molecule has 4 rings (SSSR count). The monoisotopic (exact) mass is 396 g/mol. The maximum Gasteiger partial charge on any atom is 0.231 e. The van der Waals surface area contributed by atoms with Crippen LogP contribution in [0.25, 0.3) is 0 Å². The Morgan fingerprint density at radius 1 is 1.07 bits per heavy atom. The minimum Gasteiger partial charge on any atom is -0.497 e. The number of hydrogen-bond donors (Lipinski definition) is 1. The van der Waals surface area contributed by atoms with Gasteiger partial charge in [0.1, 0.15) is 11.5 Å². The van der Waals surface area contributed by atoms with E-state index in [1.54, 1.807) is 13.4 Å². The molecule has 0 aliphatic carbocycles. The molecule has 1 aliphatic heterocycles. The normalized spacial score (nSPS) is 11.9. The van der Waals surface area contributed by atoms with E-state index in [-0.39, 0.29) is 6.79 Å². The van der Waals surface area contributed by atoms with Crippen LogP contribution in [-0.2, 0) is 13.1 Å². The van der Waals surface area contributed by atoms with Crippen molar-refractivity contribution in [1.82, 2.24) is 4.90 Å². The molecule has 0 unspecified atom stereocenters. The molecule has 6 nitrogen and oxygen atoms in total. The molecular formula is C21H20N2O4S. The maximum absolute atomic E-state index is 5.68. The molecule has 0 radical (unpaired) electrons. The number of ether oxygens (including phenoxy) is 3. The minimum absolute atomic E-state index is 0.255. The Morgan fingerprint density at radius 2 is 1.96 bits per heavy atom. The third-order valence-electron chi connectivity index (χ3n) is 4.35. The van der Waals surface area contributed by atoms with E-state index in [2.05, 4.69) is 5.32 Å². The fourth-order valence-corrected chi connectivity index (χ4v) is 3.20. The van der Waals surface area contributed by atoms with Gasteiger partial charge in [-0.2, -0.15) is 0 Å². The van der Waals surface area contributed by atoms with Crippen LogP contribution in [0.2, 0.25) is 0 Å². The lowest BCUT2D eigenvalue weighted by Gasteiger charge is -2.25. The Labute approximate surface area is 168 Å². The van der Waals surface area contributed by atoms with Crippen LogP contribution in [0.3, 0.4) is 0 Å². The maximum atomic E-state index is 5.68. The number of fused-ring (bicyclic) bond motifs is 1. The Kier molecular flexibility index (Phi) is 5.34. The van der Waals surface area contributed by atoms with Crippen molar-refractivity contribution in [3.8, 4) is 17.2 Å². The molecule has 7 heteroatoms. The molecule has 1 N–H and O–H groups in total. The first kappa shape index (κ1) is 18.2. The summed E-state index contributed by atoms with van der Waals surface area (Å²) in [7, 11) is 1.64. The first-order valence-electron chi connectivity index (χ1n) is 8.82. The van der Waals surface area contributed by atoms with Crippen LogP contribution in [0.5, 0.6) is 17.2 Å². The standard InChI is InChI=1S/C21H20N2O4S/c1-24-17-5-2-4-16(11-17)22-21(28)23(13-18-6-3-9-25-18)12-15-7-8-19-20(10-15)27-14-26-19/h2-11H,12-14H2,1H3,(H,22,28). The number of rotatable bonds is 6. The quantitative estimate of drug-likeness (QED) is 0.619. The Bertz CT molecular complexity index is 959. The average Bonchev–Trinajstić information content (AvgIpc) is 3.39. The van der Waals surface area contributed by atoms with Crippen molar-refractivity contribution in [2.75, 3.05) is 19.2 Å². The first-order chi connectivity index (χ1) is 13.7. The van der Waals surface area contributed by atoms with Gasteiger partial charge in [-0.05, 0) is 54.2 Å². The molecule has 1 aliphatic rings. The molecule has 0 saturated heterocycles. The van der Waals surface area contributed by atoms with Gasteiger partial charge in [-0.1, -0.05) is 12.1 Å². The highest BCUT2D eigenvalue weighted by atomic mass is 32.1. The third kappa shape index (κ3) is 4.20. The minimum atomic E-state index is 0.255. The van der Waals surface area contributed by atoms with Crippen molar-refractivity contribution < 1.29 is 18.6 Å². The molecule has 144 valence electrons. The van der Waals surface area contributed by atoms with Gasteiger partial charge in [-0.25, -0.2) is 0 Å². The summed E-state index contributed by atoms with van der Waals surface area (Å²) in [5.41, 5.74) is 1.92. The average molecular weight is 396 g/mol. The summed E-state index contributed by atoms with van der Waals surface area (Å²) in [6.45, 7) is 1.38. The van der Waals surface area contributed by atoms with Gasteiger partial charge in [0.2, 0.25) is 6.79 Å². The van der Waals surface area contributed by atoms with Gasteiger partial charge in [0.05, 0.1) is 19.9 Å². The molecule has 1 aromatic heterocycles. The molecule has 0 amide bonds. The predicted molar refractivity (Wildman–Crippen MR) is 110 cm³/mol. The van der Waals surface area contributed by atoms with Crippen molar-refractivity contribution in [3.63, 3.8) is 0 Å². The second-order valence-electron chi connectivity index (χ2n) is 6.29. The number of methoxy groups -OCH3 is 1. The van der Waals surface area contributed by atoms with Crippen molar-refractivity contribution in [3.05, 3.63) is 72.2 Å². The molecule has 28 heavy (non-hydrogen) atoms. The van der Waals surface area contributed by atoms with Crippen LogP contribution >= 0.6 is 12.2 Å². The highest BCUT2D eigenvalue weighted by Gasteiger charge is 2.17. The zero-order valence-corrected chi connectivity index (χ0v) is 16.2. The lowest BCUT2D eigenvalue weighted by atomic mass is 10.2. The van der Waals surface area contributed by atoms with E-state index in [4.69, 9.17) is 30.8 Å². The smallest absolute Gasteiger partial charge is 0.231 e. The van der Waals surface area contributed by atoms with Crippen molar-refractivity contribution in [1.29, 1.82) is 0 Å². The summed E-state index contributed by atoms with van der Waals surface area (Å²) >= 11 is 5.68. The fraction of sp³-hybridized carbons (Fsp3) is 0.190. The van der Waals surface area contributed by atoms with Gasteiger partial charge in [0.25, 0.3) is 0 Å². The lowest BCUT2D eigenvalue weighted by Crippen LogP contribution is -2.33. The van der Waals surface area contributed by atoms with E-state index in [1.807, 2.05) is 59.5 Å². The zero-order valence-electron chi connectivity index (χ0n) is 15.4. The molecule has 0 spiro atoms. The van der Waals surface area contributed by atoms with Gasteiger partial charge >= 0.3 is 0 Å². The summed E-state index contributed by atoms with van der Waals surface area (Å²) in [4.78, 5) is 2.03. The topological polar surface area (TPSA) is 56.1 Å². The number of furan rings is 1. The first-order valence-corrected chi connectivity index (χ1v) is 9.23. The summed E-state index contributed by atoms with van der Waals surface area (Å²) in [5.74, 6) is 3.11. The molecule has 0 bridgehead atoms. The van der Waals surface area contributed by atoms with E-state index >= 15 is 0 Å². The van der Waals surface area contributed by atoms with Gasteiger partial charge in [0.15, 0.2) is 16.6 Å². The van der Waals surface area contributed by atoms with Gasteiger partial charge in [-0.3, -0.25) is 0 Å². The van der Waals surface area contributed by atoms with E-state index in [0.29, 0.717) is 18.2 Å². The van der Waals surface area contributed by atoms with E-state index in [1.165, 1.54) is 0 Å². The zero-order chi connectivity index (χ0) is 19.3. The van der Waals surface area contributed by atoms with Crippen LogP contribution in [0.15, 0.2) is 65.3 Å². The van der Waals surface area contributed by atoms with Crippen molar-refractivity contribution in [2.45, 2.75) is 13.1 Å². The van der Waals surface area contributed by atoms with E-state index < -0.39 is 0 Å². The predicted octanol–water partition coefficient (Wildman–Crippen LogP) is 4.42. The molecule has 0 atom stereocenters. The highest BCUT2D eigenvalue weighted by molar-refractivity contribution is 7.80. The number of nitrogens with zero attached hydrogens (tertiary/aromatic N) is 1. The summed E-state index contributed by atoms with van der Waals surface area (Å²) in [6, 6.07) is 17.4. The van der Waals surface area contributed by atoms with Crippen LogP contribution in [0.4, 0.5) is 5.69 Å². The summed E-state index contributed by atoms with van der Waals surface area (Å²) < 4.78 is 21.7. The second kappa shape index (κ2) is 8.22. The Hall–Kier alpha value is -3.19. The van der Waals surface area contributed by atoms with E-state index in [0.717, 1.165) is 34.3 Å². The summed E-state index contributed by atoms with van der Waals surface area (Å²) in [5, 5.41) is 3.87. The van der Waals surface area contributed by atoms with Crippen molar-refractivity contribution in [2.24, 2.45) is 0 Å². The van der Waals surface area contributed by atoms with Gasteiger partial charge in [-0.15, -0.1) is 0 Å². The number of nitrogens with one attached hydrogen (secondary N) is 1. The third-order valence-corrected chi connectivity index (χ3v) is 4.71. The Balaban J connectivity index is 1.53. The number of benzene rings is 2. The number of thiocarbonyl (C=S) groups is 1. The van der Waals surface area contributed by atoms with Crippen molar-refractivity contribution >= 4 is 23.0 Å². The van der Waals surface area contributed by atoms with Crippen LogP contribution < -0.4 is 19.5 Å². The molecule has 3 aromatic rings. The van der Waals surface area contributed by atoms with Crippen LogP contribution in [-0.4, -0.2) is 23.9 Å². The molecule has 0 fully saturated rings. The lowest BCUT2D eigenvalue weighted by molar-refractivity contribution is 0.174. The van der Waals surface area contributed by atoms with Crippen LogP contribution in [0.1, 0.15) is 11.3 Å². The highest BCUT2D eigenvalue weighted by Crippen LogP contribution is 2.33. The molecule has 0 saturated carbocycles. The fourth-order valence-electron chi connectivity index (χ4n) is 2.95. The summed E-state index contributed by atoms with van der Waals surface area (Å²) in [6.07, 6.45) is 1.66. The SMILES string of the molecule is COc1cccc(NC(=S)N(Cc2ccc3c(c2)OCO3)Cc2ccco2)c1. The molecular weight excluding hydrogens is 376 g/mol. The van der Waals surface area contributed by atoms with Crippen LogP contribution in [0, 0.1) is 0 Å².